The zero-order chi connectivity index (χ0) is 8.97. The summed E-state index contributed by atoms with van der Waals surface area (Å²) in [6, 6.07) is 5.49. The van der Waals surface area contributed by atoms with Crippen molar-refractivity contribution in [3.05, 3.63) is 28.8 Å². The van der Waals surface area contributed by atoms with Gasteiger partial charge in [-0.2, -0.15) is 0 Å². The molecule has 0 aliphatic carbocycles. The summed E-state index contributed by atoms with van der Waals surface area (Å²) in [5, 5.41) is 9.25. The fourth-order valence-electron chi connectivity index (χ4n) is 0.994. The minimum Gasteiger partial charge on any atom is -0.495 e. The van der Waals surface area contributed by atoms with E-state index >= 15 is 0 Å². The van der Waals surface area contributed by atoms with Crippen LogP contribution in [0.15, 0.2) is 18.2 Å². The lowest BCUT2D eigenvalue weighted by Gasteiger charge is -2.03. The van der Waals surface area contributed by atoms with Crippen LogP contribution >= 0.6 is 11.6 Å². The highest BCUT2D eigenvalue weighted by molar-refractivity contribution is 6.32. The van der Waals surface area contributed by atoms with E-state index in [2.05, 4.69) is 0 Å². The van der Waals surface area contributed by atoms with E-state index < -0.39 is 0 Å². The molecule has 2 nitrogen and oxygen atoms in total. The van der Waals surface area contributed by atoms with Gasteiger partial charge in [0.05, 0.1) is 12.1 Å². The van der Waals surface area contributed by atoms with Crippen molar-refractivity contribution in [1.82, 2.24) is 0 Å². The van der Waals surface area contributed by atoms with Crippen LogP contribution in [-0.4, -0.2) is 19.6 Å². The first-order chi connectivity index (χ1) is 5.77. The second-order valence-electron chi connectivity index (χ2n) is 2.44. The average Bonchev–Trinajstić information content (AvgIpc) is 2.05. The number of hydrogen-bond acceptors (Lipinski definition) is 2. The molecule has 0 spiro atoms. The SMILES string of the molecule is COc1ccc(CBO)cc1Cl. The molecule has 0 fully saturated rings. The number of ether oxygens (including phenoxy) is 1. The molecule has 1 aromatic carbocycles. The first-order valence-corrected chi connectivity index (χ1v) is 4.09. The number of methoxy groups -OCH3 is 1. The lowest BCUT2D eigenvalue weighted by molar-refractivity contribution is 0.415. The van der Waals surface area contributed by atoms with Gasteiger partial charge in [-0.15, -0.1) is 0 Å². The van der Waals surface area contributed by atoms with Gasteiger partial charge >= 0.3 is 0 Å². The van der Waals surface area contributed by atoms with E-state index in [1.54, 1.807) is 19.2 Å². The van der Waals surface area contributed by atoms with Gasteiger partial charge in [0.25, 0.3) is 7.48 Å². The number of hydrogen-bond donors (Lipinski definition) is 1. The Hall–Kier alpha value is -0.665. The first kappa shape index (κ1) is 9.42. The third kappa shape index (κ3) is 2.16. The van der Waals surface area contributed by atoms with Gasteiger partial charge in [0.15, 0.2) is 0 Å². The van der Waals surface area contributed by atoms with Crippen molar-refractivity contribution in [1.29, 1.82) is 0 Å². The van der Waals surface area contributed by atoms with E-state index in [4.69, 9.17) is 21.4 Å². The summed E-state index contributed by atoms with van der Waals surface area (Å²) in [4.78, 5) is 0. The highest BCUT2D eigenvalue weighted by atomic mass is 35.5. The molecule has 0 aromatic heterocycles. The molecule has 0 radical (unpaired) electrons. The summed E-state index contributed by atoms with van der Waals surface area (Å²) < 4.78 is 4.98. The Bertz CT molecular complexity index is 265. The van der Waals surface area contributed by atoms with Crippen LogP contribution in [0.2, 0.25) is 5.02 Å². The largest absolute Gasteiger partial charge is 0.495 e. The first-order valence-electron chi connectivity index (χ1n) is 3.71. The number of benzene rings is 1. The van der Waals surface area contributed by atoms with Crippen LogP contribution in [0.3, 0.4) is 0 Å². The van der Waals surface area contributed by atoms with Crippen LogP contribution < -0.4 is 4.74 Å². The standard InChI is InChI=1S/C8H10BClO2/c1-12-8-3-2-6(5-9-11)4-7(8)10/h2-4,9,11H,5H2,1H3. The lowest BCUT2D eigenvalue weighted by atomic mass is 9.90. The lowest BCUT2D eigenvalue weighted by Crippen LogP contribution is -1.95. The molecule has 12 heavy (non-hydrogen) atoms. The van der Waals surface area contributed by atoms with Gasteiger partial charge in [-0.25, -0.2) is 0 Å². The van der Waals surface area contributed by atoms with E-state index in [0.717, 1.165) is 5.56 Å². The van der Waals surface area contributed by atoms with Crippen molar-refractivity contribution in [2.45, 2.75) is 6.32 Å². The van der Waals surface area contributed by atoms with Crippen LogP contribution in [0, 0.1) is 0 Å². The Balaban J connectivity index is 2.86. The molecule has 1 rings (SSSR count). The van der Waals surface area contributed by atoms with Gasteiger partial charge in [0, 0.05) is 0 Å². The van der Waals surface area contributed by atoms with Crippen molar-refractivity contribution >= 4 is 19.1 Å². The monoisotopic (exact) mass is 184 g/mol. The summed E-state index contributed by atoms with van der Waals surface area (Å²) in [5.74, 6) is 0.665. The van der Waals surface area contributed by atoms with Crippen molar-refractivity contribution < 1.29 is 9.76 Å². The third-order valence-corrected chi connectivity index (χ3v) is 1.91. The van der Waals surface area contributed by atoms with Gasteiger partial charge in [0.2, 0.25) is 0 Å². The van der Waals surface area contributed by atoms with E-state index in [1.807, 2.05) is 6.07 Å². The Morgan fingerprint density at radius 1 is 1.58 bits per heavy atom. The second-order valence-corrected chi connectivity index (χ2v) is 2.85. The molecule has 1 N–H and O–H groups in total. The van der Waals surface area contributed by atoms with Crippen molar-refractivity contribution in [2.24, 2.45) is 0 Å². The fourth-order valence-corrected chi connectivity index (χ4v) is 1.27. The summed E-state index contributed by atoms with van der Waals surface area (Å²) in [6.45, 7) is 0. The van der Waals surface area contributed by atoms with Gasteiger partial charge in [-0.05, 0) is 18.5 Å². The van der Waals surface area contributed by atoms with Crippen molar-refractivity contribution in [2.75, 3.05) is 7.11 Å². The summed E-state index contributed by atoms with van der Waals surface area (Å²) in [5.41, 5.74) is 1.02. The summed E-state index contributed by atoms with van der Waals surface area (Å²) >= 11 is 5.86. The zero-order valence-electron chi connectivity index (χ0n) is 6.88. The van der Waals surface area contributed by atoms with E-state index in [-0.39, 0.29) is 7.48 Å². The van der Waals surface area contributed by atoms with Crippen LogP contribution in [-0.2, 0) is 6.32 Å². The molecular weight excluding hydrogens is 174 g/mol. The molecule has 4 heteroatoms. The quantitative estimate of drug-likeness (QED) is 0.715. The minimum absolute atomic E-state index is 0.142. The van der Waals surface area contributed by atoms with Crippen LogP contribution in [0.1, 0.15) is 5.56 Å². The maximum absolute atomic E-state index is 8.66. The normalized spacial score (nSPS) is 9.58. The molecule has 0 atom stereocenters. The highest BCUT2D eigenvalue weighted by Crippen LogP contribution is 2.24. The smallest absolute Gasteiger partial charge is 0.275 e. The fraction of sp³-hybridized carbons (Fsp3) is 0.250. The van der Waals surface area contributed by atoms with E-state index in [9.17, 15) is 0 Å². The second kappa shape index (κ2) is 4.38. The molecular formula is C8H10BClO2. The molecule has 0 saturated heterocycles. The Labute approximate surface area is 77.4 Å². The maximum atomic E-state index is 8.66. The highest BCUT2D eigenvalue weighted by Gasteiger charge is 2.00. The minimum atomic E-state index is 0.142. The molecule has 0 aliphatic rings. The topological polar surface area (TPSA) is 29.5 Å². The Morgan fingerprint density at radius 3 is 2.83 bits per heavy atom. The van der Waals surface area contributed by atoms with Crippen molar-refractivity contribution in [3.63, 3.8) is 0 Å². The Kier molecular flexibility index (Phi) is 3.44. The van der Waals surface area contributed by atoms with Crippen molar-refractivity contribution in [3.8, 4) is 5.75 Å². The van der Waals surface area contributed by atoms with Gasteiger partial charge < -0.3 is 9.76 Å². The van der Waals surface area contributed by atoms with Crippen LogP contribution in [0.5, 0.6) is 5.75 Å². The maximum Gasteiger partial charge on any atom is 0.275 e. The molecule has 0 aliphatic heterocycles. The molecule has 0 heterocycles. The average molecular weight is 184 g/mol. The summed E-state index contributed by atoms with van der Waals surface area (Å²) in [6.07, 6.45) is 0.629. The predicted molar refractivity (Wildman–Crippen MR) is 51.1 cm³/mol. The number of halogens is 1. The molecule has 0 bridgehead atoms. The van der Waals surface area contributed by atoms with Crippen LogP contribution in [0.4, 0.5) is 0 Å². The van der Waals surface area contributed by atoms with Gasteiger partial charge in [-0.1, -0.05) is 23.2 Å². The third-order valence-electron chi connectivity index (χ3n) is 1.62. The molecule has 1 aromatic rings. The molecule has 0 amide bonds. The number of rotatable bonds is 3. The summed E-state index contributed by atoms with van der Waals surface area (Å²) in [7, 11) is 1.72. The predicted octanol–water partition coefficient (Wildman–Crippen LogP) is 1.19. The van der Waals surface area contributed by atoms with E-state index in [0.29, 0.717) is 17.1 Å². The van der Waals surface area contributed by atoms with Gasteiger partial charge in [-0.3, -0.25) is 0 Å². The zero-order valence-corrected chi connectivity index (χ0v) is 7.64. The molecule has 0 saturated carbocycles. The van der Waals surface area contributed by atoms with Gasteiger partial charge in [0.1, 0.15) is 5.75 Å². The van der Waals surface area contributed by atoms with Crippen LogP contribution in [0.25, 0.3) is 0 Å². The van der Waals surface area contributed by atoms with E-state index in [1.165, 1.54) is 0 Å². The Morgan fingerprint density at radius 2 is 2.33 bits per heavy atom. The molecule has 64 valence electrons. The molecule has 0 unspecified atom stereocenters.